The van der Waals surface area contributed by atoms with Gasteiger partial charge in [0.1, 0.15) is 29.1 Å². The van der Waals surface area contributed by atoms with E-state index in [1.54, 1.807) is 0 Å². The lowest BCUT2D eigenvalue weighted by Crippen LogP contribution is -2.50. The summed E-state index contributed by atoms with van der Waals surface area (Å²) in [5.41, 5.74) is 3.69. The number of aliphatic hydroxyl groups is 1. The van der Waals surface area contributed by atoms with Crippen LogP contribution in [0.4, 0.5) is 14.5 Å². The molecular formula is C17H16F2N4O4S. The molecule has 3 N–H and O–H groups in total. The smallest absolute Gasteiger partial charge is 0.260 e. The molecule has 148 valence electrons. The van der Waals surface area contributed by atoms with Crippen LogP contribution in [0.1, 0.15) is 0 Å². The number of hydrogen-bond acceptors (Lipinski definition) is 6. The van der Waals surface area contributed by atoms with E-state index in [9.17, 15) is 22.3 Å². The Morgan fingerprint density at radius 3 is 2.71 bits per heavy atom. The summed E-state index contributed by atoms with van der Waals surface area (Å²) in [5.74, 6) is -1.48. The quantitative estimate of drug-likeness (QED) is 0.713. The average Bonchev–Trinajstić information content (AvgIpc) is 3.00. The number of nitrogens with zero attached hydrogens (tertiary/aromatic N) is 3. The second-order valence-corrected chi connectivity index (χ2v) is 8.14. The number of β-amino-alcohol motifs (C(OH)–C–C–N with tert-alkyl or cyclic N) is 1. The molecule has 1 fully saturated rings. The summed E-state index contributed by atoms with van der Waals surface area (Å²) in [6, 6.07) is 5.50. The predicted molar refractivity (Wildman–Crippen MR) is 94.0 cm³/mol. The number of halogens is 2. The fourth-order valence-electron chi connectivity index (χ4n) is 2.82. The highest BCUT2D eigenvalue weighted by molar-refractivity contribution is 7.89. The molecule has 2 atom stereocenters. The van der Waals surface area contributed by atoms with Crippen LogP contribution in [0.2, 0.25) is 0 Å². The van der Waals surface area contributed by atoms with Gasteiger partial charge in [-0.3, -0.25) is 0 Å². The number of rotatable bonds is 5. The van der Waals surface area contributed by atoms with Crippen LogP contribution in [0.15, 0.2) is 41.6 Å². The molecule has 0 bridgehead atoms. The molecule has 1 aliphatic heterocycles. The Morgan fingerprint density at radius 2 is 2.14 bits per heavy atom. The van der Waals surface area contributed by atoms with Crippen molar-refractivity contribution in [2.24, 2.45) is 5.73 Å². The van der Waals surface area contributed by atoms with Crippen molar-refractivity contribution in [2.45, 2.75) is 16.7 Å². The largest absolute Gasteiger partial charge is 0.486 e. The third kappa shape index (κ3) is 3.67. The molecular weight excluding hydrogens is 394 g/mol. The molecule has 1 aliphatic rings. The standard InChI is InChI=1S/C17H16F2N4O4S/c1-21-14-4-3-12(6-13(14)19)27-15-8-23(10-17(15,24)9-20)28(25,26)16-5-2-11(18)7-22-16/h2-7,15,24H,8-10,20H2/t15-,17-/m0/s1. The predicted octanol–water partition coefficient (Wildman–Crippen LogP) is 1.05. The van der Waals surface area contributed by atoms with Crippen LogP contribution in [0, 0.1) is 18.2 Å². The van der Waals surface area contributed by atoms with E-state index in [0.717, 1.165) is 28.7 Å². The molecule has 0 unspecified atom stereocenters. The van der Waals surface area contributed by atoms with Crippen molar-refractivity contribution in [2.75, 3.05) is 19.6 Å². The second-order valence-electron chi connectivity index (χ2n) is 6.25. The second kappa shape index (κ2) is 7.40. The van der Waals surface area contributed by atoms with Crippen molar-refractivity contribution in [3.05, 3.63) is 59.6 Å². The summed E-state index contributed by atoms with van der Waals surface area (Å²) >= 11 is 0. The first kappa shape index (κ1) is 20.1. The van der Waals surface area contributed by atoms with Gasteiger partial charge in [-0.05, 0) is 24.3 Å². The molecule has 2 aromatic rings. The van der Waals surface area contributed by atoms with Crippen molar-refractivity contribution in [3.63, 3.8) is 0 Å². The SMILES string of the molecule is [C-]#[N+]c1ccc(O[C@H]2CN(S(=O)(=O)c3ccc(F)cn3)C[C@@]2(O)CN)cc1F. The number of ether oxygens (including phenoxy) is 1. The molecule has 28 heavy (non-hydrogen) atoms. The van der Waals surface area contributed by atoms with Gasteiger partial charge in [0.2, 0.25) is 5.69 Å². The Morgan fingerprint density at radius 1 is 1.39 bits per heavy atom. The molecule has 0 saturated carbocycles. The van der Waals surface area contributed by atoms with Crippen molar-refractivity contribution in [3.8, 4) is 5.75 Å². The molecule has 0 amide bonds. The molecule has 0 spiro atoms. The maximum absolute atomic E-state index is 13.8. The average molecular weight is 410 g/mol. The van der Waals surface area contributed by atoms with Gasteiger partial charge in [-0.1, -0.05) is 0 Å². The van der Waals surface area contributed by atoms with E-state index >= 15 is 0 Å². The summed E-state index contributed by atoms with van der Waals surface area (Å²) in [5, 5.41) is 10.3. The molecule has 2 heterocycles. The highest BCUT2D eigenvalue weighted by atomic mass is 32.2. The number of nitrogens with two attached hydrogens (primary N) is 1. The molecule has 1 aromatic carbocycles. The van der Waals surface area contributed by atoms with Crippen LogP contribution in [-0.2, 0) is 10.0 Å². The number of hydrogen-bond donors (Lipinski definition) is 2. The van der Waals surface area contributed by atoms with E-state index < -0.39 is 33.4 Å². The van der Waals surface area contributed by atoms with Crippen LogP contribution in [0.25, 0.3) is 4.85 Å². The Labute approximate surface area is 160 Å². The lowest BCUT2D eigenvalue weighted by Gasteiger charge is -2.27. The first-order valence-corrected chi connectivity index (χ1v) is 9.51. The number of benzene rings is 1. The third-order valence-corrected chi connectivity index (χ3v) is 6.12. The van der Waals surface area contributed by atoms with Crippen molar-refractivity contribution >= 4 is 15.7 Å². The summed E-state index contributed by atoms with van der Waals surface area (Å²) < 4.78 is 58.8. The van der Waals surface area contributed by atoms with Crippen LogP contribution >= 0.6 is 0 Å². The normalized spacial score (nSPS) is 22.8. The van der Waals surface area contributed by atoms with Gasteiger partial charge in [-0.25, -0.2) is 27.0 Å². The first-order chi connectivity index (χ1) is 13.2. The molecule has 0 aliphatic carbocycles. The Kier molecular flexibility index (Phi) is 5.31. The highest BCUT2D eigenvalue weighted by Gasteiger charge is 2.50. The zero-order valence-electron chi connectivity index (χ0n) is 14.4. The fourth-order valence-corrected chi connectivity index (χ4v) is 4.23. The van der Waals surface area contributed by atoms with Gasteiger partial charge in [0, 0.05) is 19.2 Å². The summed E-state index contributed by atoms with van der Waals surface area (Å²) in [6.07, 6.45) is -0.320. The van der Waals surface area contributed by atoms with E-state index in [1.165, 1.54) is 12.1 Å². The molecule has 11 heteroatoms. The van der Waals surface area contributed by atoms with Crippen molar-refractivity contribution in [1.82, 2.24) is 9.29 Å². The van der Waals surface area contributed by atoms with E-state index in [-0.39, 0.29) is 36.1 Å². The molecule has 0 radical (unpaired) electrons. The zero-order valence-corrected chi connectivity index (χ0v) is 15.2. The van der Waals surface area contributed by atoms with Crippen molar-refractivity contribution < 1.29 is 27.0 Å². The molecule has 3 rings (SSSR count). The maximum Gasteiger partial charge on any atom is 0.260 e. The first-order valence-electron chi connectivity index (χ1n) is 8.07. The van der Waals surface area contributed by atoms with E-state index in [1.807, 2.05) is 0 Å². The lowest BCUT2D eigenvalue weighted by molar-refractivity contribution is -0.0200. The number of pyridine rings is 1. The van der Waals surface area contributed by atoms with E-state index in [2.05, 4.69) is 9.83 Å². The minimum Gasteiger partial charge on any atom is -0.486 e. The van der Waals surface area contributed by atoms with Crippen LogP contribution in [0.3, 0.4) is 0 Å². The summed E-state index contributed by atoms with van der Waals surface area (Å²) in [4.78, 5) is 6.57. The van der Waals surface area contributed by atoms with Gasteiger partial charge >= 0.3 is 0 Å². The van der Waals surface area contributed by atoms with Gasteiger partial charge in [0.15, 0.2) is 5.03 Å². The van der Waals surface area contributed by atoms with Crippen LogP contribution < -0.4 is 10.5 Å². The maximum atomic E-state index is 13.8. The Hall–Kier alpha value is -2.65. The highest BCUT2D eigenvalue weighted by Crippen LogP contribution is 2.31. The molecule has 1 aromatic heterocycles. The van der Waals surface area contributed by atoms with Crippen LogP contribution in [0.5, 0.6) is 5.75 Å². The Bertz CT molecular complexity index is 1030. The topological polar surface area (TPSA) is 110 Å². The Balaban J connectivity index is 1.86. The number of aromatic nitrogens is 1. The monoisotopic (exact) mass is 410 g/mol. The minimum atomic E-state index is -4.13. The van der Waals surface area contributed by atoms with Gasteiger partial charge < -0.3 is 15.6 Å². The minimum absolute atomic E-state index is 0.0148. The molecule has 8 nitrogen and oxygen atoms in total. The third-order valence-electron chi connectivity index (χ3n) is 4.39. The fraction of sp³-hybridized carbons (Fsp3) is 0.294. The zero-order chi connectivity index (χ0) is 20.5. The van der Waals surface area contributed by atoms with E-state index in [4.69, 9.17) is 17.0 Å². The lowest BCUT2D eigenvalue weighted by atomic mass is 10.0. The van der Waals surface area contributed by atoms with Gasteiger partial charge in [-0.2, -0.15) is 4.31 Å². The summed E-state index contributed by atoms with van der Waals surface area (Å²) in [7, 11) is -4.13. The summed E-state index contributed by atoms with van der Waals surface area (Å²) in [6.45, 7) is 5.88. The number of sulfonamides is 1. The van der Waals surface area contributed by atoms with Gasteiger partial charge in [0.05, 0.1) is 19.3 Å². The van der Waals surface area contributed by atoms with Crippen LogP contribution in [-0.4, -0.2) is 54.2 Å². The van der Waals surface area contributed by atoms with Gasteiger partial charge in [0.25, 0.3) is 10.0 Å². The van der Waals surface area contributed by atoms with E-state index in [0.29, 0.717) is 0 Å². The van der Waals surface area contributed by atoms with Gasteiger partial charge in [-0.15, -0.1) is 0 Å². The van der Waals surface area contributed by atoms with Crippen molar-refractivity contribution in [1.29, 1.82) is 0 Å². The molecule has 1 saturated heterocycles.